The first kappa shape index (κ1) is 8.06. The van der Waals surface area contributed by atoms with Crippen LogP contribution in [0.1, 0.15) is 6.42 Å². The maximum absolute atomic E-state index is 11.3. The highest BCUT2D eigenvalue weighted by atomic mass is 79.9. The molecule has 1 saturated heterocycles. The molecule has 1 atom stereocenters. The molecule has 1 amide bonds. The molecule has 0 bridgehead atoms. The van der Waals surface area contributed by atoms with Gasteiger partial charge in [0.25, 0.3) is 0 Å². The maximum atomic E-state index is 11.3. The van der Waals surface area contributed by atoms with Crippen molar-refractivity contribution >= 4 is 38.5 Å². The van der Waals surface area contributed by atoms with E-state index in [1.54, 1.807) is 4.90 Å². The number of carbonyl (C=O) groups is 1. The summed E-state index contributed by atoms with van der Waals surface area (Å²) in [5.74, 6) is 0.0791. The van der Waals surface area contributed by atoms with Gasteiger partial charge in [0.1, 0.15) is 0 Å². The molecule has 0 saturated carbocycles. The first-order chi connectivity index (χ1) is 5.77. The lowest BCUT2D eigenvalue weighted by molar-refractivity contribution is -0.117. The van der Waals surface area contributed by atoms with Gasteiger partial charge < -0.3 is 0 Å². The number of aromatic nitrogens is 3. The predicted octanol–water partition coefficient (Wildman–Crippen LogP) is 0.433. The van der Waals surface area contributed by atoms with Crippen molar-refractivity contribution in [2.75, 3.05) is 11.4 Å². The van der Waals surface area contributed by atoms with Crippen molar-refractivity contribution in [1.29, 1.82) is 0 Å². The van der Waals surface area contributed by atoms with Crippen molar-refractivity contribution in [1.82, 2.24) is 14.8 Å². The lowest BCUT2D eigenvalue weighted by atomic mass is 10.4. The first-order valence-electron chi connectivity index (χ1n) is 3.37. The van der Waals surface area contributed by atoms with Crippen LogP contribution in [0.2, 0.25) is 0 Å². The molecule has 2 rings (SSSR count). The molecule has 0 spiro atoms. The van der Waals surface area contributed by atoms with Crippen molar-refractivity contribution in [2.24, 2.45) is 0 Å². The van der Waals surface area contributed by atoms with E-state index in [0.717, 1.165) is 11.5 Å². The fourth-order valence-electron chi connectivity index (χ4n) is 1.08. The van der Waals surface area contributed by atoms with Gasteiger partial charge in [0.2, 0.25) is 11.0 Å². The van der Waals surface area contributed by atoms with Crippen LogP contribution >= 0.6 is 27.5 Å². The molecule has 1 fully saturated rings. The molecule has 0 radical (unpaired) electrons. The quantitative estimate of drug-likeness (QED) is 0.677. The van der Waals surface area contributed by atoms with Crippen LogP contribution in [0.4, 0.5) is 5.13 Å². The molecular formula is C5H5BrN4OS. The molecule has 0 aromatic carbocycles. The Morgan fingerprint density at radius 2 is 2.50 bits per heavy atom. The number of anilines is 1. The molecule has 5 nitrogen and oxygen atoms in total. The van der Waals surface area contributed by atoms with Crippen LogP contribution in [0.5, 0.6) is 0 Å². The minimum absolute atomic E-state index is 0.0791. The van der Waals surface area contributed by atoms with Crippen LogP contribution in [0, 0.1) is 0 Å². The normalized spacial score (nSPS) is 23.6. The van der Waals surface area contributed by atoms with Crippen LogP contribution in [-0.4, -0.2) is 32.1 Å². The summed E-state index contributed by atoms with van der Waals surface area (Å²) in [5.41, 5.74) is 0. The largest absolute Gasteiger partial charge is 0.284 e. The Balaban J connectivity index is 2.21. The molecular weight excluding hydrogens is 244 g/mol. The van der Waals surface area contributed by atoms with E-state index >= 15 is 0 Å². The van der Waals surface area contributed by atoms with E-state index in [1.807, 2.05) is 0 Å². The van der Waals surface area contributed by atoms with Gasteiger partial charge in [0, 0.05) is 29.3 Å². The van der Waals surface area contributed by atoms with Gasteiger partial charge >= 0.3 is 0 Å². The van der Waals surface area contributed by atoms with E-state index in [2.05, 4.69) is 30.7 Å². The molecule has 1 aromatic rings. The zero-order valence-corrected chi connectivity index (χ0v) is 8.38. The van der Waals surface area contributed by atoms with Crippen LogP contribution < -0.4 is 4.90 Å². The van der Waals surface area contributed by atoms with Gasteiger partial charge in [-0.3, -0.25) is 9.69 Å². The number of rotatable bonds is 1. The molecule has 1 aromatic heterocycles. The lowest BCUT2D eigenvalue weighted by Gasteiger charge is -2.08. The van der Waals surface area contributed by atoms with Crippen LogP contribution in [0.15, 0.2) is 0 Å². The van der Waals surface area contributed by atoms with Crippen LogP contribution in [-0.2, 0) is 4.79 Å². The minimum atomic E-state index is 0.0791. The van der Waals surface area contributed by atoms with Crippen LogP contribution in [0.3, 0.4) is 0 Å². The van der Waals surface area contributed by atoms with E-state index < -0.39 is 0 Å². The second-order valence-corrected chi connectivity index (χ2v) is 4.46. The number of alkyl halides is 1. The zero-order chi connectivity index (χ0) is 8.55. The molecule has 1 aliphatic heterocycles. The van der Waals surface area contributed by atoms with Gasteiger partial charge in [-0.15, -0.1) is 0 Å². The van der Waals surface area contributed by atoms with Gasteiger partial charge in [-0.05, 0) is 5.21 Å². The highest BCUT2D eigenvalue weighted by Crippen LogP contribution is 2.24. The Hall–Kier alpha value is -0.560. The second kappa shape index (κ2) is 3.06. The molecule has 64 valence electrons. The second-order valence-electron chi connectivity index (χ2n) is 2.45. The molecule has 0 aliphatic carbocycles. The van der Waals surface area contributed by atoms with Gasteiger partial charge in [0.05, 0.1) is 0 Å². The molecule has 0 N–H and O–H groups in total. The molecule has 1 aliphatic rings. The SMILES string of the molecule is O=C1CC(Br)CN1c1nnns1. The lowest BCUT2D eigenvalue weighted by Crippen LogP contribution is -2.24. The standard InChI is InChI=1S/C5H5BrN4OS/c6-3-1-4(11)10(2-3)5-7-8-9-12-5/h3H,1-2H2. The summed E-state index contributed by atoms with van der Waals surface area (Å²) < 4.78 is 3.60. The molecule has 2 heterocycles. The zero-order valence-electron chi connectivity index (χ0n) is 5.97. The third-order valence-electron chi connectivity index (χ3n) is 1.60. The van der Waals surface area contributed by atoms with Crippen LogP contribution in [0.25, 0.3) is 0 Å². The summed E-state index contributed by atoms with van der Waals surface area (Å²) in [7, 11) is 0. The summed E-state index contributed by atoms with van der Waals surface area (Å²) in [6.07, 6.45) is 0.527. The molecule has 12 heavy (non-hydrogen) atoms. The van der Waals surface area contributed by atoms with Crippen molar-refractivity contribution in [3.8, 4) is 0 Å². The Bertz CT molecular complexity index is 290. The van der Waals surface area contributed by atoms with E-state index in [1.165, 1.54) is 0 Å². The Morgan fingerprint density at radius 3 is 3.00 bits per heavy atom. The number of halogens is 1. The van der Waals surface area contributed by atoms with Crippen molar-refractivity contribution in [3.63, 3.8) is 0 Å². The maximum Gasteiger partial charge on any atom is 0.234 e. The highest BCUT2D eigenvalue weighted by molar-refractivity contribution is 9.09. The summed E-state index contributed by atoms with van der Waals surface area (Å²) in [6.45, 7) is 0.662. The van der Waals surface area contributed by atoms with Gasteiger partial charge in [-0.25, -0.2) is 0 Å². The average molecular weight is 249 g/mol. The van der Waals surface area contributed by atoms with E-state index in [-0.39, 0.29) is 10.7 Å². The van der Waals surface area contributed by atoms with Crippen molar-refractivity contribution in [2.45, 2.75) is 11.2 Å². The third-order valence-corrected chi connectivity index (χ3v) is 2.83. The number of amides is 1. The van der Waals surface area contributed by atoms with Crippen molar-refractivity contribution in [3.05, 3.63) is 0 Å². The van der Waals surface area contributed by atoms with Gasteiger partial charge in [-0.1, -0.05) is 25.5 Å². The molecule has 7 heteroatoms. The summed E-state index contributed by atoms with van der Waals surface area (Å²) in [5, 5.41) is 7.75. The van der Waals surface area contributed by atoms with E-state index in [0.29, 0.717) is 18.1 Å². The third kappa shape index (κ3) is 1.34. The topological polar surface area (TPSA) is 59.0 Å². The summed E-state index contributed by atoms with van der Waals surface area (Å²) in [4.78, 5) is 13.1. The predicted molar refractivity (Wildman–Crippen MR) is 47.4 cm³/mol. The summed E-state index contributed by atoms with van der Waals surface area (Å²) >= 11 is 4.52. The fraction of sp³-hybridized carbons (Fsp3) is 0.600. The molecule has 1 unspecified atom stereocenters. The average Bonchev–Trinajstić information content (AvgIpc) is 2.58. The summed E-state index contributed by atoms with van der Waals surface area (Å²) in [6, 6.07) is 0. The number of hydrogen-bond acceptors (Lipinski definition) is 5. The highest BCUT2D eigenvalue weighted by Gasteiger charge is 2.30. The van der Waals surface area contributed by atoms with Gasteiger partial charge in [-0.2, -0.15) is 0 Å². The Labute approximate surface area is 81.1 Å². The number of nitrogens with zero attached hydrogens (tertiary/aromatic N) is 4. The number of hydrogen-bond donors (Lipinski definition) is 0. The first-order valence-corrected chi connectivity index (χ1v) is 5.06. The monoisotopic (exact) mass is 248 g/mol. The van der Waals surface area contributed by atoms with Crippen molar-refractivity contribution < 1.29 is 4.79 Å². The van der Waals surface area contributed by atoms with Gasteiger partial charge in [0.15, 0.2) is 0 Å². The van der Waals surface area contributed by atoms with E-state index in [9.17, 15) is 4.79 Å². The minimum Gasteiger partial charge on any atom is -0.284 e. The van der Waals surface area contributed by atoms with E-state index in [4.69, 9.17) is 0 Å². The Kier molecular flexibility index (Phi) is 2.05. The number of carbonyl (C=O) groups excluding carboxylic acids is 1. The Morgan fingerprint density at radius 1 is 1.67 bits per heavy atom. The smallest absolute Gasteiger partial charge is 0.234 e. The fourth-order valence-corrected chi connectivity index (χ4v) is 2.14.